The molecule has 0 aliphatic carbocycles. The Morgan fingerprint density at radius 1 is 1.02 bits per heavy atom. The van der Waals surface area contributed by atoms with E-state index >= 15 is 0 Å². The van der Waals surface area contributed by atoms with E-state index in [1.165, 1.54) is 33.5 Å². The first-order valence-electron chi connectivity index (χ1n) is 14.9. The summed E-state index contributed by atoms with van der Waals surface area (Å²) in [7, 11) is -3.97. The number of hydrogen-bond acceptors (Lipinski definition) is 6. The number of aryl methyl sites for hydroxylation is 1. The lowest BCUT2D eigenvalue weighted by Gasteiger charge is -2.31. The Hall–Kier alpha value is -3.80. The zero-order valence-electron chi connectivity index (χ0n) is 25.2. The Kier molecular flexibility index (Phi) is 11.1. The smallest absolute Gasteiger partial charge is 0.415 e. The molecule has 3 aromatic rings. The van der Waals surface area contributed by atoms with Gasteiger partial charge in [0.1, 0.15) is 5.82 Å². The zero-order valence-corrected chi connectivity index (χ0v) is 26.0. The van der Waals surface area contributed by atoms with Gasteiger partial charge in [0.2, 0.25) is 10.0 Å². The van der Waals surface area contributed by atoms with Crippen LogP contribution in [0, 0.1) is 11.7 Å². The van der Waals surface area contributed by atoms with Crippen LogP contribution in [-0.2, 0) is 32.4 Å². The molecule has 236 valence electrons. The molecule has 0 saturated carbocycles. The number of halogens is 1. The van der Waals surface area contributed by atoms with Gasteiger partial charge in [-0.1, -0.05) is 69.7 Å². The summed E-state index contributed by atoms with van der Waals surface area (Å²) in [5, 5.41) is 14.4. The highest BCUT2D eigenvalue weighted by Gasteiger charge is 2.39. The number of rotatable bonds is 14. The summed E-state index contributed by atoms with van der Waals surface area (Å²) in [6, 6.07) is 20.3. The number of anilines is 1. The van der Waals surface area contributed by atoms with E-state index in [-0.39, 0.29) is 36.9 Å². The summed E-state index contributed by atoms with van der Waals surface area (Å²) < 4.78 is 47.6. The molecule has 1 aliphatic heterocycles. The summed E-state index contributed by atoms with van der Waals surface area (Å²) >= 11 is 0. The molecule has 1 heterocycles. The quantitative estimate of drug-likeness (QED) is 0.272. The molecule has 0 aromatic heterocycles. The van der Waals surface area contributed by atoms with Crippen molar-refractivity contribution < 1.29 is 32.2 Å². The monoisotopic (exact) mass is 625 g/mol. The zero-order chi connectivity index (χ0) is 31.9. The first-order chi connectivity index (χ1) is 21.0. The molecule has 0 spiro atoms. The van der Waals surface area contributed by atoms with Gasteiger partial charge in [-0.2, -0.15) is 4.31 Å². The van der Waals surface area contributed by atoms with Gasteiger partial charge in [0.05, 0.1) is 23.6 Å². The second-order valence-corrected chi connectivity index (χ2v) is 13.1. The van der Waals surface area contributed by atoms with Crippen molar-refractivity contribution in [2.24, 2.45) is 5.92 Å². The fourth-order valence-corrected chi connectivity index (χ4v) is 6.57. The van der Waals surface area contributed by atoms with Crippen LogP contribution < -0.4 is 10.2 Å². The van der Waals surface area contributed by atoms with Gasteiger partial charge >= 0.3 is 6.09 Å². The lowest BCUT2D eigenvalue weighted by Crippen LogP contribution is -2.53. The highest BCUT2D eigenvalue weighted by molar-refractivity contribution is 7.89. The number of amides is 2. The summed E-state index contributed by atoms with van der Waals surface area (Å²) in [5.41, 5.74) is 2.21. The Balaban J connectivity index is 1.55. The predicted molar refractivity (Wildman–Crippen MR) is 166 cm³/mol. The molecular formula is C33H40FN3O6S. The molecule has 4 rings (SSSR count). The van der Waals surface area contributed by atoms with Crippen molar-refractivity contribution in [1.29, 1.82) is 0 Å². The third-order valence-corrected chi connectivity index (χ3v) is 9.75. The molecule has 11 heteroatoms. The fraction of sp³-hybridized carbons (Fsp3) is 0.394. The van der Waals surface area contributed by atoms with Crippen LogP contribution in [0.2, 0.25) is 0 Å². The third-order valence-electron chi connectivity index (χ3n) is 7.91. The average Bonchev–Trinajstić information content (AvgIpc) is 3.42. The SMILES string of the molecule is CCc1ccc(S(=O)(=O)N(C[C@@H](C)CC)C[C@@H](O)[C@H](Cc2ccccc2)NC(=O)[C@@H]2CN(c3ccc(F)cc3)C(=O)O2)cc1. The maximum absolute atomic E-state index is 13.8. The molecule has 3 aromatic carbocycles. The number of benzene rings is 3. The van der Waals surface area contributed by atoms with Gasteiger partial charge in [-0.05, 0) is 66.3 Å². The molecule has 44 heavy (non-hydrogen) atoms. The molecule has 1 aliphatic rings. The van der Waals surface area contributed by atoms with Crippen LogP contribution in [0.1, 0.15) is 38.3 Å². The number of aliphatic hydroxyl groups excluding tert-OH is 1. The Bertz CT molecular complexity index is 1500. The van der Waals surface area contributed by atoms with E-state index < -0.39 is 46.1 Å². The number of nitrogens with zero attached hydrogens (tertiary/aromatic N) is 2. The number of hydrogen-bond donors (Lipinski definition) is 2. The van der Waals surface area contributed by atoms with Crippen molar-refractivity contribution >= 4 is 27.7 Å². The van der Waals surface area contributed by atoms with E-state index in [0.29, 0.717) is 5.69 Å². The van der Waals surface area contributed by atoms with E-state index in [1.54, 1.807) is 24.3 Å². The number of cyclic esters (lactones) is 1. The molecule has 0 bridgehead atoms. The maximum atomic E-state index is 13.8. The highest BCUT2D eigenvalue weighted by Crippen LogP contribution is 2.24. The van der Waals surface area contributed by atoms with Gasteiger partial charge in [-0.15, -0.1) is 0 Å². The van der Waals surface area contributed by atoms with Crippen molar-refractivity contribution in [3.63, 3.8) is 0 Å². The Labute approximate surface area is 258 Å². The number of nitrogens with one attached hydrogen (secondary N) is 1. The minimum absolute atomic E-state index is 0.0180. The normalized spacial score (nSPS) is 17.3. The number of sulfonamides is 1. The first kappa shape index (κ1) is 33.1. The van der Waals surface area contributed by atoms with Gasteiger partial charge in [0.25, 0.3) is 5.91 Å². The average molecular weight is 626 g/mol. The van der Waals surface area contributed by atoms with Crippen LogP contribution in [0.15, 0.2) is 83.8 Å². The van der Waals surface area contributed by atoms with Crippen LogP contribution in [0.3, 0.4) is 0 Å². The predicted octanol–water partition coefficient (Wildman–Crippen LogP) is 4.54. The molecule has 0 radical (unpaired) electrons. The minimum Gasteiger partial charge on any atom is -0.434 e. The van der Waals surface area contributed by atoms with Gasteiger partial charge < -0.3 is 15.2 Å². The van der Waals surface area contributed by atoms with Gasteiger partial charge in [0, 0.05) is 18.8 Å². The van der Waals surface area contributed by atoms with Crippen LogP contribution in [-0.4, -0.2) is 67.7 Å². The van der Waals surface area contributed by atoms with Gasteiger partial charge in [-0.3, -0.25) is 9.69 Å². The topological polar surface area (TPSA) is 116 Å². The number of carbonyl (C=O) groups excluding carboxylic acids is 2. The molecule has 9 nitrogen and oxygen atoms in total. The van der Waals surface area contributed by atoms with E-state index in [9.17, 15) is 27.5 Å². The van der Waals surface area contributed by atoms with Crippen LogP contribution in [0.4, 0.5) is 14.9 Å². The lowest BCUT2D eigenvalue weighted by atomic mass is 10.0. The van der Waals surface area contributed by atoms with Gasteiger partial charge in [-0.25, -0.2) is 17.6 Å². The fourth-order valence-electron chi connectivity index (χ4n) is 4.99. The van der Waals surface area contributed by atoms with Crippen molar-refractivity contribution in [2.75, 3.05) is 24.5 Å². The van der Waals surface area contributed by atoms with Gasteiger partial charge in [0.15, 0.2) is 6.10 Å². The molecular weight excluding hydrogens is 585 g/mol. The first-order valence-corrected chi connectivity index (χ1v) is 16.3. The van der Waals surface area contributed by atoms with Crippen molar-refractivity contribution in [1.82, 2.24) is 9.62 Å². The van der Waals surface area contributed by atoms with Crippen LogP contribution in [0.25, 0.3) is 0 Å². The second-order valence-electron chi connectivity index (χ2n) is 11.2. The summed E-state index contributed by atoms with van der Waals surface area (Å²) in [6.07, 6.45) is -1.52. The number of carbonyl (C=O) groups is 2. The van der Waals surface area contributed by atoms with Crippen molar-refractivity contribution in [2.45, 2.75) is 63.2 Å². The van der Waals surface area contributed by atoms with E-state index in [0.717, 1.165) is 24.0 Å². The van der Waals surface area contributed by atoms with Crippen LogP contribution >= 0.6 is 0 Å². The summed E-state index contributed by atoms with van der Waals surface area (Å²) in [6.45, 7) is 5.73. The molecule has 4 atom stereocenters. The standard InChI is InChI=1S/C33H40FN3O6S/c1-4-23(3)20-36(44(41,42)28-17-11-24(5-2)12-18-28)21-30(38)29(19-25-9-7-6-8-10-25)35-32(39)31-22-37(33(40)43-31)27-15-13-26(34)14-16-27/h6-18,23,29-31,38H,4-5,19-22H2,1-3H3,(H,35,39)/t23-,29-,30+,31-/m0/s1. The maximum Gasteiger partial charge on any atom is 0.415 e. The number of ether oxygens (including phenoxy) is 1. The highest BCUT2D eigenvalue weighted by atomic mass is 32.2. The van der Waals surface area contributed by atoms with E-state index in [4.69, 9.17) is 4.74 Å². The largest absolute Gasteiger partial charge is 0.434 e. The van der Waals surface area contributed by atoms with Crippen molar-refractivity contribution in [3.05, 3.63) is 95.8 Å². The number of aliphatic hydroxyl groups is 1. The lowest BCUT2D eigenvalue weighted by molar-refractivity contribution is -0.129. The van der Waals surface area contributed by atoms with Crippen molar-refractivity contribution in [3.8, 4) is 0 Å². The van der Waals surface area contributed by atoms with E-state index in [1.807, 2.05) is 51.1 Å². The Morgan fingerprint density at radius 2 is 1.68 bits per heavy atom. The summed E-state index contributed by atoms with van der Waals surface area (Å²) in [4.78, 5) is 27.3. The molecule has 2 N–H and O–H groups in total. The molecule has 1 fully saturated rings. The Morgan fingerprint density at radius 3 is 2.30 bits per heavy atom. The van der Waals surface area contributed by atoms with Crippen LogP contribution in [0.5, 0.6) is 0 Å². The summed E-state index contributed by atoms with van der Waals surface area (Å²) in [5.74, 6) is -1.07. The molecule has 0 unspecified atom stereocenters. The molecule has 2 amide bonds. The third kappa shape index (κ3) is 8.22. The minimum atomic E-state index is -3.97. The molecule has 1 saturated heterocycles. The van der Waals surface area contributed by atoms with E-state index in [2.05, 4.69) is 5.32 Å². The second kappa shape index (κ2) is 14.8.